The molecule has 6 N–H and O–H groups in total. The number of ether oxygens (including phenoxy) is 2. The molecule has 0 aliphatic carbocycles. The molecule has 0 aromatic carbocycles. The summed E-state index contributed by atoms with van der Waals surface area (Å²) in [7, 11) is 0. The van der Waals surface area contributed by atoms with Gasteiger partial charge in [-0.15, -0.1) is 0 Å². The molecule has 0 spiro atoms. The first kappa shape index (κ1) is 66.1. The number of aliphatic hydroxyl groups is 5. The standard InChI is InChI=1S/C62H107NO8/c1-3-5-7-9-11-13-15-17-19-21-22-23-24-25-26-27-28-29-30-31-32-33-34-36-38-40-42-44-46-48-50-52-58(66)63-55(54-70-62-61(69)60(68)59(67)57(53-64)71-62)56(65)51-49-47-45-43-41-39-37-35-20-18-16-14-12-10-8-6-4-2/h5,7,11,13,17,19-20,22-23,25-26,35,41,43,49,51,55-57,59-62,64-65,67-69H,3-4,6,8-10,12,14-16,18,21,24,27-34,36-40,42,44-48,50,52-54H2,1-2H3,(H,63,66)/b7-5-,13-11-,19-17-,23-22-,26-25-,35-20+,43-41+,51-49+. The Hall–Kier alpha value is -2.89. The molecular formula is C62H107NO8. The molecule has 1 rings (SSSR count). The van der Waals surface area contributed by atoms with E-state index in [2.05, 4.69) is 104 Å². The number of amides is 1. The van der Waals surface area contributed by atoms with Crippen molar-refractivity contribution in [3.8, 4) is 0 Å². The van der Waals surface area contributed by atoms with Crippen molar-refractivity contribution < 1.29 is 39.8 Å². The lowest BCUT2D eigenvalue weighted by Crippen LogP contribution is -2.60. The Bertz CT molecular complexity index is 1430. The van der Waals surface area contributed by atoms with Crippen molar-refractivity contribution in [2.45, 2.75) is 275 Å². The predicted octanol–water partition coefficient (Wildman–Crippen LogP) is 14.4. The number of aliphatic hydroxyl groups excluding tert-OH is 5. The van der Waals surface area contributed by atoms with E-state index in [0.29, 0.717) is 6.42 Å². The number of rotatable bonds is 48. The molecule has 0 saturated carbocycles. The molecule has 1 saturated heterocycles. The third-order valence-electron chi connectivity index (χ3n) is 13.1. The van der Waals surface area contributed by atoms with Gasteiger partial charge in [-0.1, -0.05) is 233 Å². The van der Waals surface area contributed by atoms with E-state index >= 15 is 0 Å². The zero-order valence-corrected chi connectivity index (χ0v) is 45.2. The van der Waals surface area contributed by atoms with Crippen LogP contribution in [0.3, 0.4) is 0 Å². The van der Waals surface area contributed by atoms with Gasteiger partial charge in [-0.2, -0.15) is 0 Å². The Kier molecular flexibility index (Phi) is 47.2. The summed E-state index contributed by atoms with van der Waals surface area (Å²) in [5.74, 6) is -0.194. The van der Waals surface area contributed by atoms with Gasteiger partial charge in [0.05, 0.1) is 25.4 Å². The normalized spacial score (nSPS) is 20.0. The van der Waals surface area contributed by atoms with Crippen LogP contribution in [-0.2, 0) is 14.3 Å². The first-order chi connectivity index (χ1) is 34.8. The van der Waals surface area contributed by atoms with Crippen molar-refractivity contribution >= 4 is 5.91 Å². The Balaban J connectivity index is 2.21. The maximum Gasteiger partial charge on any atom is 0.220 e. The molecule has 71 heavy (non-hydrogen) atoms. The van der Waals surface area contributed by atoms with E-state index in [0.717, 1.165) is 83.5 Å². The summed E-state index contributed by atoms with van der Waals surface area (Å²) in [4.78, 5) is 13.1. The largest absolute Gasteiger partial charge is 0.394 e. The summed E-state index contributed by atoms with van der Waals surface area (Å²) in [6.45, 7) is 3.64. The Morgan fingerprint density at radius 2 is 0.887 bits per heavy atom. The van der Waals surface area contributed by atoms with Crippen molar-refractivity contribution in [1.29, 1.82) is 0 Å². The number of hydrogen-bond acceptors (Lipinski definition) is 8. The van der Waals surface area contributed by atoms with Crippen molar-refractivity contribution in [1.82, 2.24) is 5.32 Å². The summed E-state index contributed by atoms with van der Waals surface area (Å²) < 4.78 is 11.2. The molecule has 9 heteroatoms. The topological polar surface area (TPSA) is 149 Å². The molecule has 1 fully saturated rings. The Morgan fingerprint density at radius 3 is 1.35 bits per heavy atom. The second kappa shape index (κ2) is 50.6. The molecule has 7 unspecified atom stereocenters. The average Bonchev–Trinajstić information content (AvgIpc) is 3.37. The lowest BCUT2D eigenvalue weighted by Gasteiger charge is -2.40. The summed E-state index contributed by atoms with van der Waals surface area (Å²) >= 11 is 0. The van der Waals surface area contributed by atoms with Crippen LogP contribution < -0.4 is 5.32 Å². The maximum atomic E-state index is 13.1. The molecule has 1 aliphatic heterocycles. The van der Waals surface area contributed by atoms with Crippen molar-refractivity contribution in [3.63, 3.8) is 0 Å². The van der Waals surface area contributed by atoms with Gasteiger partial charge < -0.3 is 40.3 Å². The zero-order chi connectivity index (χ0) is 51.5. The summed E-state index contributed by atoms with van der Waals surface area (Å²) in [5.41, 5.74) is 0. The monoisotopic (exact) mass is 994 g/mol. The Labute approximate surface area is 434 Å². The molecular weight excluding hydrogens is 887 g/mol. The minimum atomic E-state index is -1.58. The molecule has 1 heterocycles. The molecule has 0 bridgehead atoms. The van der Waals surface area contributed by atoms with Crippen LogP contribution in [0.15, 0.2) is 97.2 Å². The summed E-state index contributed by atoms with van der Waals surface area (Å²) in [6.07, 6.45) is 66.2. The van der Waals surface area contributed by atoms with E-state index in [4.69, 9.17) is 9.47 Å². The summed E-state index contributed by atoms with van der Waals surface area (Å²) in [6, 6.07) is -0.833. The lowest BCUT2D eigenvalue weighted by molar-refractivity contribution is -0.302. The first-order valence-electron chi connectivity index (χ1n) is 29.0. The fraction of sp³-hybridized carbons (Fsp3) is 0.726. The minimum Gasteiger partial charge on any atom is -0.394 e. The first-order valence-corrected chi connectivity index (χ1v) is 29.0. The van der Waals surface area contributed by atoms with Crippen LogP contribution in [0.25, 0.3) is 0 Å². The van der Waals surface area contributed by atoms with Gasteiger partial charge in [-0.05, 0) is 89.9 Å². The van der Waals surface area contributed by atoms with E-state index in [1.807, 2.05) is 6.08 Å². The molecule has 9 nitrogen and oxygen atoms in total. The SMILES string of the molecule is CC/C=C\C/C=C\C/C=C\C/C=C\C/C=C\CCCCCCCCCCCCCCCCCC(=O)NC(COC1OC(CO)C(O)C(O)C1O)C(O)/C=C/CC/C=C/CC/C=C/CCCCCCCCC. The van der Waals surface area contributed by atoms with Crippen LogP contribution in [-0.4, -0.2) is 87.5 Å². The number of unbranched alkanes of at least 4 members (excludes halogenated alkanes) is 24. The molecule has 408 valence electrons. The second-order valence-electron chi connectivity index (χ2n) is 19.7. The highest BCUT2D eigenvalue weighted by molar-refractivity contribution is 5.76. The van der Waals surface area contributed by atoms with Gasteiger partial charge >= 0.3 is 0 Å². The highest BCUT2D eigenvalue weighted by Crippen LogP contribution is 2.23. The van der Waals surface area contributed by atoms with Gasteiger partial charge in [-0.3, -0.25) is 4.79 Å². The van der Waals surface area contributed by atoms with Gasteiger partial charge in [-0.25, -0.2) is 0 Å². The van der Waals surface area contributed by atoms with E-state index < -0.39 is 49.5 Å². The average molecular weight is 995 g/mol. The molecule has 0 aromatic rings. The zero-order valence-electron chi connectivity index (χ0n) is 45.2. The van der Waals surface area contributed by atoms with Gasteiger partial charge in [0.2, 0.25) is 5.91 Å². The third-order valence-corrected chi connectivity index (χ3v) is 13.1. The Morgan fingerprint density at radius 1 is 0.493 bits per heavy atom. The van der Waals surface area contributed by atoms with Crippen LogP contribution in [0.2, 0.25) is 0 Å². The van der Waals surface area contributed by atoms with Gasteiger partial charge in [0.15, 0.2) is 6.29 Å². The van der Waals surface area contributed by atoms with Crippen LogP contribution >= 0.6 is 0 Å². The molecule has 1 amide bonds. The second-order valence-corrected chi connectivity index (χ2v) is 19.7. The quantitative estimate of drug-likeness (QED) is 0.0261. The maximum absolute atomic E-state index is 13.1. The summed E-state index contributed by atoms with van der Waals surface area (Å²) in [5, 5.41) is 54.4. The van der Waals surface area contributed by atoms with E-state index in [-0.39, 0.29) is 12.5 Å². The van der Waals surface area contributed by atoms with Crippen molar-refractivity contribution in [3.05, 3.63) is 97.2 Å². The van der Waals surface area contributed by atoms with Crippen molar-refractivity contribution in [2.75, 3.05) is 13.2 Å². The third kappa shape index (κ3) is 40.2. The van der Waals surface area contributed by atoms with Gasteiger partial charge in [0.25, 0.3) is 0 Å². The lowest BCUT2D eigenvalue weighted by atomic mass is 9.99. The van der Waals surface area contributed by atoms with Gasteiger partial charge in [0, 0.05) is 6.42 Å². The number of carbonyl (C=O) groups excluding carboxylic acids is 1. The van der Waals surface area contributed by atoms with Crippen LogP contribution in [0.5, 0.6) is 0 Å². The highest BCUT2D eigenvalue weighted by atomic mass is 16.7. The molecule has 0 aromatic heterocycles. The minimum absolute atomic E-state index is 0.194. The molecule has 0 radical (unpaired) electrons. The van der Waals surface area contributed by atoms with Crippen LogP contribution in [0.1, 0.15) is 232 Å². The highest BCUT2D eigenvalue weighted by Gasteiger charge is 2.44. The van der Waals surface area contributed by atoms with Crippen LogP contribution in [0.4, 0.5) is 0 Å². The molecule has 7 atom stereocenters. The van der Waals surface area contributed by atoms with E-state index in [1.165, 1.54) is 128 Å². The van der Waals surface area contributed by atoms with Crippen molar-refractivity contribution in [2.24, 2.45) is 0 Å². The number of nitrogens with one attached hydrogen (secondary N) is 1. The fourth-order valence-electron chi connectivity index (χ4n) is 8.57. The molecule has 1 aliphatic rings. The number of allylic oxidation sites excluding steroid dienone is 15. The smallest absolute Gasteiger partial charge is 0.220 e. The van der Waals surface area contributed by atoms with E-state index in [9.17, 15) is 30.3 Å². The number of carbonyl (C=O) groups is 1. The predicted molar refractivity (Wildman–Crippen MR) is 299 cm³/mol. The van der Waals surface area contributed by atoms with Gasteiger partial charge in [0.1, 0.15) is 24.4 Å². The van der Waals surface area contributed by atoms with Crippen LogP contribution in [0, 0.1) is 0 Å². The number of hydrogen-bond donors (Lipinski definition) is 6. The van der Waals surface area contributed by atoms with E-state index in [1.54, 1.807) is 6.08 Å². The fourth-order valence-corrected chi connectivity index (χ4v) is 8.57.